The highest BCUT2D eigenvalue weighted by Gasteiger charge is 2.16. The molecule has 0 atom stereocenters. The Bertz CT molecular complexity index is 1280. The second-order valence-corrected chi connectivity index (χ2v) is 8.43. The standard InChI is InChI=1S/C21H19N3O5S/c1-15-4-2-10-24-13-17(23-20(15)24)14-29-21(25)16-6-8-19(9-7-16)30(26,27)22-12-18-5-3-11-28-18/h2-11,13,22H,12,14H2,1H3. The van der Waals surface area contributed by atoms with Crippen molar-refractivity contribution in [3.05, 3.63) is 89.8 Å². The number of sulfonamides is 1. The van der Waals surface area contributed by atoms with Gasteiger partial charge in [-0.05, 0) is 55.0 Å². The Hall–Kier alpha value is -3.43. The van der Waals surface area contributed by atoms with E-state index in [0.29, 0.717) is 11.5 Å². The van der Waals surface area contributed by atoms with Crippen molar-refractivity contribution in [3.8, 4) is 0 Å². The van der Waals surface area contributed by atoms with Gasteiger partial charge in [0.05, 0.1) is 29.0 Å². The molecule has 0 saturated heterocycles. The van der Waals surface area contributed by atoms with Gasteiger partial charge in [-0.1, -0.05) is 6.07 Å². The summed E-state index contributed by atoms with van der Waals surface area (Å²) in [5.41, 5.74) is 2.70. The number of fused-ring (bicyclic) bond motifs is 1. The number of hydrogen-bond donors (Lipinski definition) is 1. The highest BCUT2D eigenvalue weighted by molar-refractivity contribution is 7.89. The van der Waals surface area contributed by atoms with Crippen molar-refractivity contribution < 1.29 is 22.4 Å². The number of nitrogens with zero attached hydrogens (tertiary/aromatic N) is 2. The number of carbonyl (C=O) groups is 1. The van der Waals surface area contributed by atoms with Gasteiger partial charge in [-0.3, -0.25) is 0 Å². The van der Waals surface area contributed by atoms with Crippen LogP contribution in [0.4, 0.5) is 0 Å². The van der Waals surface area contributed by atoms with Crippen molar-refractivity contribution in [2.75, 3.05) is 0 Å². The van der Waals surface area contributed by atoms with Crippen LogP contribution in [0.3, 0.4) is 0 Å². The average Bonchev–Trinajstić information content (AvgIpc) is 3.41. The van der Waals surface area contributed by atoms with E-state index in [0.717, 1.165) is 11.2 Å². The van der Waals surface area contributed by atoms with E-state index < -0.39 is 16.0 Å². The molecule has 0 unspecified atom stereocenters. The lowest BCUT2D eigenvalue weighted by molar-refractivity contribution is 0.0468. The van der Waals surface area contributed by atoms with Gasteiger partial charge in [0.15, 0.2) is 0 Å². The maximum absolute atomic E-state index is 12.4. The van der Waals surface area contributed by atoms with Gasteiger partial charge in [-0.25, -0.2) is 22.9 Å². The number of hydrogen-bond acceptors (Lipinski definition) is 6. The summed E-state index contributed by atoms with van der Waals surface area (Å²) in [6.07, 6.45) is 5.15. The molecule has 9 heteroatoms. The van der Waals surface area contributed by atoms with Crippen molar-refractivity contribution in [2.24, 2.45) is 0 Å². The summed E-state index contributed by atoms with van der Waals surface area (Å²) in [6.45, 7) is 2.01. The second-order valence-electron chi connectivity index (χ2n) is 6.66. The summed E-state index contributed by atoms with van der Waals surface area (Å²) >= 11 is 0. The first-order valence-corrected chi connectivity index (χ1v) is 10.6. The number of rotatable bonds is 7. The van der Waals surface area contributed by atoms with Crippen LogP contribution in [0.1, 0.15) is 27.4 Å². The van der Waals surface area contributed by atoms with Gasteiger partial charge in [0.2, 0.25) is 10.0 Å². The maximum Gasteiger partial charge on any atom is 0.338 e. The third-order valence-electron chi connectivity index (χ3n) is 4.50. The van der Waals surface area contributed by atoms with Crippen molar-refractivity contribution in [3.63, 3.8) is 0 Å². The third kappa shape index (κ3) is 4.27. The Kier molecular flexibility index (Phi) is 5.39. The van der Waals surface area contributed by atoms with Crippen LogP contribution >= 0.6 is 0 Å². The monoisotopic (exact) mass is 425 g/mol. The predicted molar refractivity (Wildman–Crippen MR) is 108 cm³/mol. The Labute approximate surface area is 173 Å². The lowest BCUT2D eigenvalue weighted by Gasteiger charge is -2.07. The molecule has 4 rings (SSSR count). The molecule has 0 amide bonds. The first-order chi connectivity index (χ1) is 14.4. The molecule has 0 saturated carbocycles. The Balaban J connectivity index is 1.39. The quantitative estimate of drug-likeness (QED) is 0.457. The van der Waals surface area contributed by atoms with E-state index in [1.54, 1.807) is 18.3 Å². The molecule has 154 valence electrons. The fourth-order valence-electron chi connectivity index (χ4n) is 2.93. The molecule has 1 N–H and O–H groups in total. The number of nitrogens with one attached hydrogen (secondary N) is 1. The summed E-state index contributed by atoms with van der Waals surface area (Å²) in [6, 6.07) is 12.8. The first kappa shape index (κ1) is 19.9. The van der Waals surface area contributed by atoms with Crippen molar-refractivity contribution in [1.29, 1.82) is 0 Å². The van der Waals surface area contributed by atoms with E-state index in [1.165, 1.54) is 30.5 Å². The zero-order valence-electron chi connectivity index (χ0n) is 16.1. The number of ether oxygens (including phenoxy) is 1. The smallest absolute Gasteiger partial charge is 0.338 e. The van der Waals surface area contributed by atoms with Crippen LogP contribution in [0.15, 0.2) is 76.5 Å². The van der Waals surface area contributed by atoms with Crippen LogP contribution in [0.5, 0.6) is 0 Å². The van der Waals surface area contributed by atoms with Crippen molar-refractivity contribution >= 4 is 21.6 Å². The van der Waals surface area contributed by atoms with E-state index in [2.05, 4.69) is 9.71 Å². The zero-order chi connectivity index (χ0) is 21.1. The molecule has 0 aliphatic carbocycles. The minimum atomic E-state index is -3.73. The molecule has 3 aromatic heterocycles. The molecule has 0 aliphatic rings. The lowest BCUT2D eigenvalue weighted by atomic mass is 10.2. The number of pyridine rings is 1. The third-order valence-corrected chi connectivity index (χ3v) is 5.91. The van der Waals surface area contributed by atoms with Crippen LogP contribution in [-0.4, -0.2) is 23.8 Å². The van der Waals surface area contributed by atoms with E-state index in [1.807, 2.05) is 29.7 Å². The molecule has 0 radical (unpaired) electrons. The minimum Gasteiger partial charge on any atom is -0.468 e. The molecule has 0 fully saturated rings. The topological polar surface area (TPSA) is 103 Å². The van der Waals surface area contributed by atoms with Crippen LogP contribution in [-0.2, 0) is 27.9 Å². The molecule has 4 aromatic rings. The Morgan fingerprint density at radius 3 is 2.67 bits per heavy atom. The number of aryl methyl sites for hydroxylation is 1. The Morgan fingerprint density at radius 1 is 1.17 bits per heavy atom. The number of furan rings is 1. The molecule has 0 aliphatic heterocycles. The van der Waals surface area contributed by atoms with E-state index >= 15 is 0 Å². The van der Waals surface area contributed by atoms with Gasteiger partial charge in [0, 0.05) is 12.4 Å². The highest BCUT2D eigenvalue weighted by atomic mass is 32.2. The summed E-state index contributed by atoms with van der Waals surface area (Å²) < 4.78 is 39.4. The van der Waals surface area contributed by atoms with Crippen LogP contribution in [0.25, 0.3) is 5.65 Å². The SMILES string of the molecule is Cc1cccn2cc(COC(=O)c3ccc(S(=O)(=O)NCc4ccco4)cc3)nc12. The summed E-state index contributed by atoms with van der Waals surface area (Å²) in [7, 11) is -3.73. The first-order valence-electron chi connectivity index (χ1n) is 9.15. The maximum atomic E-state index is 12.4. The molecule has 0 spiro atoms. The summed E-state index contributed by atoms with van der Waals surface area (Å²) in [5, 5.41) is 0. The Morgan fingerprint density at radius 2 is 1.97 bits per heavy atom. The largest absolute Gasteiger partial charge is 0.468 e. The van der Waals surface area contributed by atoms with Gasteiger partial charge in [0.25, 0.3) is 0 Å². The lowest BCUT2D eigenvalue weighted by Crippen LogP contribution is -2.23. The molecule has 8 nitrogen and oxygen atoms in total. The zero-order valence-corrected chi connectivity index (χ0v) is 16.9. The van der Waals surface area contributed by atoms with E-state index in [-0.39, 0.29) is 23.6 Å². The number of aromatic nitrogens is 2. The number of esters is 1. The number of carbonyl (C=O) groups excluding carboxylic acids is 1. The van der Waals surface area contributed by atoms with Gasteiger partial charge in [0.1, 0.15) is 18.0 Å². The normalized spacial score (nSPS) is 11.6. The van der Waals surface area contributed by atoms with Gasteiger partial charge >= 0.3 is 5.97 Å². The van der Waals surface area contributed by atoms with Crippen molar-refractivity contribution in [1.82, 2.24) is 14.1 Å². The number of imidazole rings is 1. The summed E-state index contributed by atoms with van der Waals surface area (Å²) in [5.74, 6) is -0.0582. The number of benzene rings is 1. The average molecular weight is 425 g/mol. The van der Waals surface area contributed by atoms with Crippen LogP contribution in [0.2, 0.25) is 0 Å². The molecular formula is C21H19N3O5S. The van der Waals surface area contributed by atoms with Crippen LogP contribution < -0.4 is 4.72 Å². The molecule has 1 aromatic carbocycles. The molecule has 30 heavy (non-hydrogen) atoms. The fraction of sp³-hybridized carbons (Fsp3) is 0.143. The van der Waals surface area contributed by atoms with Crippen LogP contribution in [0, 0.1) is 6.92 Å². The van der Waals surface area contributed by atoms with Gasteiger partial charge in [-0.2, -0.15) is 0 Å². The highest BCUT2D eigenvalue weighted by Crippen LogP contribution is 2.14. The second kappa shape index (κ2) is 8.13. The fourth-order valence-corrected chi connectivity index (χ4v) is 3.92. The van der Waals surface area contributed by atoms with Gasteiger partial charge in [-0.15, -0.1) is 0 Å². The van der Waals surface area contributed by atoms with E-state index in [4.69, 9.17) is 9.15 Å². The molecular weight excluding hydrogens is 406 g/mol. The van der Waals surface area contributed by atoms with Crippen molar-refractivity contribution in [2.45, 2.75) is 25.0 Å². The molecule has 0 bridgehead atoms. The molecule has 3 heterocycles. The minimum absolute atomic E-state index is 0.0186. The van der Waals surface area contributed by atoms with E-state index in [9.17, 15) is 13.2 Å². The summed E-state index contributed by atoms with van der Waals surface area (Å²) in [4.78, 5) is 16.8. The predicted octanol–water partition coefficient (Wildman–Crippen LogP) is 3.07. The van der Waals surface area contributed by atoms with Gasteiger partial charge < -0.3 is 13.6 Å².